The van der Waals surface area contributed by atoms with Crippen molar-refractivity contribution in [2.75, 3.05) is 19.8 Å². The van der Waals surface area contributed by atoms with E-state index < -0.39 is 0 Å². The third-order valence-electron chi connectivity index (χ3n) is 2.32. The maximum atomic E-state index is 5.57. The molecular formula is C10H21NO. The quantitative estimate of drug-likeness (QED) is 0.637. The van der Waals surface area contributed by atoms with Crippen LogP contribution in [0.1, 0.15) is 33.1 Å². The van der Waals surface area contributed by atoms with Gasteiger partial charge in [-0.25, -0.2) is 0 Å². The maximum Gasteiger partial charge on any atom is 0.0619 e. The molecule has 1 aliphatic heterocycles. The molecule has 0 saturated carbocycles. The number of ether oxygens (including phenoxy) is 1. The Labute approximate surface area is 75.7 Å². The van der Waals surface area contributed by atoms with Gasteiger partial charge in [-0.2, -0.15) is 0 Å². The summed E-state index contributed by atoms with van der Waals surface area (Å²) in [6.45, 7) is 7.48. The van der Waals surface area contributed by atoms with Crippen LogP contribution in [0, 0.1) is 5.92 Å². The second-order valence-corrected chi connectivity index (χ2v) is 4.05. The molecule has 0 radical (unpaired) electrons. The van der Waals surface area contributed by atoms with Crippen LogP contribution in [0.5, 0.6) is 0 Å². The Balaban J connectivity index is 1.88. The summed E-state index contributed by atoms with van der Waals surface area (Å²) >= 11 is 0. The van der Waals surface area contributed by atoms with Gasteiger partial charge in [0.15, 0.2) is 0 Å². The SMILES string of the molecule is CC(C)CCOC[C@@H]1CCCN1. The molecule has 0 bridgehead atoms. The van der Waals surface area contributed by atoms with Crippen molar-refractivity contribution in [2.45, 2.75) is 39.2 Å². The van der Waals surface area contributed by atoms with E-state index in [1.165, 1.54) is 25.8 Å². The summed E-state index contributed by atoms with van der Waals surface area (Å²) in [5.74, 6) is 0.765. The van der Waals surface area contributed by atoms with Crippen molar-refractivity contribution in [3.8, 4) is 0 Å². The van der Waals surface area contributed by atoms with Gasteiger partial charge in [0.2, 0.25) is 0 Å². The summed E-state index contributed by atoms with van der Waals surface area (Å²) in [4.78, 5) is 0. The zero-order chi connectivity index (χ0) is 8.81. The fourth-order valence-electron chi connectivity index (χ4n) is 1.44. The fraction of sp³-hybridized carbons (Fsp3) is 1.00. The van der Waals surface area contributed by atoms with Gasteiger partial charge in [0.25, 0.3) is 0 Å². The standard InChI is InChI=1S/C10H21NO/c1-9(2)5-7-12-8-10-4-3-6-11-10/h9-11H,3-8H2,1-2H3/t10-/m0/s1. The van der Waals surface area contributed by atoms with Crippen molar-refractivity contribution in [1.82, 2.24) is 5.32 Å². The molecule has 0 unspecified atom stereocenters. The van der Waals surface area contributed by atoms with Crippen LogP contribution >= 0.6 is 0 Å². The highest BCUT2D eigenvalue weighted by atomic mass is 16.5. The Bertz CT molecular complexity index is 108. The zero-order valence-corrected chi connectivity index (χ0v) is 8.31. The normalized spacial score (nSPS) is 23.8. The van der Waals surface area contributed by atoms with Crippen LogP contribution < -0.4 is 5.32 Å². The molecule has 0 aliphatic carbocycles. The molecule has 1 fully saturated rings. The first-order chi connectivity index (χ1) is 5.79. The molecule has 1 aliphatic rings. The van der Waals surface area contributed by atoms with E-state index in [2.05, 4.69) is 19.2 Å². The largest absolute Gasteiger partial charge is 0.380 e. The van der Waals surface area contributed by atoms with Crippen LogP contribution in [0.25, 0.3) is 0 Å². The Hall–Kier alpha value is -0.0800. The maximum absolute atomic E-state index is 5.57. The van der Waals surface area contributed by atoms with E-state index in [0.717, 1.165) is 19.1 Å². The number of hydrogen-bond acceptors (Lipinski definition) is 2. The van der Waals surface area contributed by atoms with E-state index in [1.54, 1.807) is 0 Å². The summed E-state index contributed by atoms with van der Waals surface area (Å²) in [6.07, 6.45) is 3.80. The molecule has 0 amide bonds. The van der Waals surface area contributed by atoms with Crippen molar-refractivity contribution in [3.63, 3.8) is 0 Å². The van der Waals surface area contributed by atoms with Crippen LogP contribution in [-0.4, -0.2) is 25.8 Å². The highest BCUT2D eigenvalue weighted by Crippen LogP contribution is 2.06. The van der Waals surface area contributed by atoms with Crippen molar-refractivity contribution in [1.29, 1.82) is 0 Å². The second kappa shape index (κ2) is 5.55. The van der Waals surface area contributed by atoms with Crippen molar-refractivity contribution in [2.24, 2.45) is 5.92 Å². The average Bonchev–Trinajstić information content (AvgIpc) is 2.49. The minimum Gasteiger partial charge on any atom is -0.380 e. The van der Waals surface area contributed by atoms with Crippen molar-refractivity contribution < 1.29 is 4.74 Å². The average molecular weight is 171 g/mol. The summed E-state index contributed by atoms with van der Waals surface area (Å²) in [7, 11) is 0. The van der Waals surface area contributed by atoms with E-state index in [-0.39, 0.29) is 0 Å². The highest BCUT2D eigenvalue weighted by Gasteiger charge is 2.13. The lowest BCUT2D eigenvalue weighted by Crippen LogP contribution is -2.27. The van der Waals surface area contributed by atoms with Crippen LogP contribution in [0.3, 0.4) is 0 Å². The van der Waals surface area contributed by atoms with Crippen LogP contribution in [0.15, 0.2) is 0 Å². The van der Waals surface area contributed by atoms with Gasteiger partial charge in [0.1, 0.15) is 0 Å². The third kappa shape index (κ3) is 4.07. The monoisotopic (exact) mass is 171 g/mol. The van der Waals surface area contributed by atoms with Crippen LogP contribution in [0.4, 0.5) is 0 Å². The number of rotatable bonds is 5. The molecule has 72 valence electrons. The van der Waals surface area contributed by atoms with E-state index in [4.69, 9.17) is 4.74 Å². The second-order valence-electron chi connectivity index (χ2n) is 4.05. The molecule has 1 rings (SSSR count). The Morgan fingerprint density at radius 2 is 2.33 bits per heavy atom. The molecule has 0 aromatic rings. The summed E-state index contributed by atoms with van der Waals surface area (Å²) in [5, 5.41) is 3.42. The predicted octanol–water partition coefficient (Wildman–Crippen LogP) is 1.80. The van der Waals surface area contributed by atoms with Crippen LogP contribution in [0.2, 0.25) is 0 Å². The van der Waals surface area contributed by atoms with Crippen LogP contribution in [-0.2, 0) is 4.74 Å². The summed E-state index contributed by atoms with van der Waals surface area (Å²) in [5.41, 5.74) is 0. The summed E-state index contributed by atoms with van der Waals surface area (Å²) in [6, 6.07) is 0.636. The van der Waals surface area contributed by atoms with E-state index in [9.17, 15) is 0 Å². The first-order valence-electron chi connectivity index (χ1n) is 5.10. The molecular weight excluding hydrogens is 150 g/mol. The van der Waals surface area contributed by atoms with Gasteiger partial charge in [-0.15, -0.1) is 0 Å². The molecule has 0 aromatic heterocycles. The molecule has 2 heteroatoms. The minimum atomic E-state index is 0.636. The Morgan fingerprint density at radius 1 is 1.50 bits per heavy atom. The number of hydrogen-bond donors (Lipinski definition) is 1. The van der Waals surface area contributed by atoms with Gasteiger partial charge in [0.05, 0.1) is 6.61 Å². The van der Waals surface area contributed by atoms with Crippen molar-refractivity contribution >= 4 is 0 Å². The topological polar surface area (TPSA) is 21.3 Å². The fourth-order valence-corrected chi connectivity index (χ4v) is 1.44. The third-order valence-corrected chi connectivity index (χ3v) is 2.32. The smallest absolute Gasteiger partial charge is 0.0619 e. The van der Waals surface area contributed by atoms with Gasteiger partial charge in [-0.3, -0.25) is 0 Å². The van der Waals surface area contributed by atoms with Gasteiger partial charge >= 0.3 is 0 Å². The van der Waals surface area contributed by atoms with Gasteiger partial charge in [-0.1, -0.05) is 13.8 Å². The van der Waals surface area contributed by atoms with E-state index in [0.29, 0.717) is 6.04 Å². The first kappa shape index (κ1) is 10.0. The van der Waals surface area contributed by atoms with E-state index >= 15 is 0 Å². The van der Waals surface area contributed by atoms with Crippen molar-refractivity contribution in [3.05, 3.63) is 0 Å². The molecule has 1 saturated heterocycles. The molecule has 1 heterocycles. The summed E-state index contributed by atoms with van der Waals surface area (Å²) < 4.78 is 5.57. The molecule has 1 atom stereocenters. The predicted molar refractivity (Wildman–Crippen MR) is 51.3 cm³/mol. The molecule has 2 nitrogen and oxygen atoms in total. The lowest BCUT2D eigenvalue weighted by Gasteiger charge is -2.11. The zero-order valence-electron chi connectivity index (χ0n) is 8.31. The number of nitrogens with one attached hydrogen (secondary N) is 1. The Morgan fingerprint density at radius 3 is 2.92 bits per heavy atom. The molecule has 1 N–H and O–H groups in total. The lowest BCUT2D eigenvalue weighted by molar-refractivity contribution is 0.107. The first-order valence-corrected chi connectivity index (χ1v) is 5.10. The van der Waals surface area contributed by atoms with Gasteiger partial charge < -0.3 is 10.1 Å². The molecule has 0 spiro atoms. The van der Waals surface area contributed by atoms with E-state index in [1.807, 2.05) is 0 Å². The molecule has 12 heavy (non-hydrogen) atoms. The molecule has 0 aromatic carbocycles. The Kier molecular flexibility index (Phi) is 4.62. The highest BCUT2D eigenvalue weighted by molar-refractivity contribution is 4.73. The minimum absolute atomic E-state index is 0.636. The van der Waals surface area contributed by atoms with Gasteiger partial charge in [0, 0.05) is 12.6 Å². The van der Waals surface area contributed by atoms with Gasteiger partial charge in [-0.05, 0) is 31.7 Å². The lowest BCUT2D eigenvalue weighted by atomic mass is 10.1.